The van der Waals surface area contributed by atoms with Crippen molar-refractivity contribution in [3.63, 3.8) is 0 Å². The second-order valence-corrected chi connectivity index (χ2v) is 6.84. The first kappa shape index (κ1) is 17.9. The Morgan fingerprint density at radius 2 is 2.00 bits per heavy atom. The molecule has 0 radical (unpaired) electrons. The smallest absolute Gasteiger partial charge is 0.277 e. The van der Waals surface area contributed by atoms with Crippen LogP contribution in [0.15, 0.2) is 36.5 Å². The van der Waals surface area contributed by atoms with Crippen LogP contribution in [0.4, 0.5) is 11.6 Å². The Hall–Kier alpha value is -2.51. The highest BCUT2D eigenvalue weighted by atomic mass is 16.5. The molecule has 2 aromatic rings. The zero-order valence-corrected chi connectivity index (χ0v) is 15.4. The van der Waals surface area contributed by atoms with Gasteiger partial charge >= 0.3 is 0 Å². The normalized spacial score (nSPS) is 17.4. The number of fused-ring (bicyclic) bond motifs is 1. The van der Waals surface area contributed by atoms with E-state index in [1.807, 2.05) is 23.1 Å². The number of aryl methyl sites for hydroxylation is 1. The number of para-hydroxylation sites is 1. The molecule has 1 amide bonds. The Kier molecular flexibility index (Phi) is 5.60. The predicted molar refractivity (Wildman–Crippen MR) is 104 cm³/mol. The molecule has 3 heterocycles. The second kappa shape index (κ2) is 8.45. The zero-order chi connectivity index (χ0) is 18.5. The molecule has 4 rings (SSSR count). The van der Waals surface area contributed by atoms with E-state index in [1.165, 1.54) is 5.56 Å². The number of carbonyl (C=O) groups excluding carboxylic acids is 1. The van der Waals surface area contributed by atoms with Gasteiger partial charge in [-0.1, -0.05) is 18.2 Å². The van der Waals surface area contributed by atoms with Gasteiger partial charge in [0.1, 0.15) is 5.69 Å². The van der Waals surface area contributed by atoms with Gasteiger partial charge < -0.3 is 15.0 Å². The number of ether oxygens (including phenoxy) is 1. The van der Waals surface area contributed by atoms with Crippen LogP contribution in [0.2, 0.25) is 0 Å². The fourth-order valence-corrected chi connectivity index (χ4v) is 3.60. The summed E-state index contributed by atoms with van der Waals surface area (Å²) in [5.41, 5.74) is 2.64. The number of nitrogens with zero attached hydrogens (tertiary/aromatic N) is 4. The lowest BCUT2D eigenvalue weighted by molar-refractivity contribution is 0.0398. The number of carbonyl (C=O) groups is 1. The van der Waals surface area contributed by atoms with Crippen molar-refractivity contribution in [3.8, 4) is 0 Å². The molecule has 142 valence electrons. The van der Waals surface area contributed by atoms with Crippen molar-refractivity contribution in [2.75, 3.05) is 56.2 Å². The molecule has 0 spiro atoms. The Labute approximate surface area is 159 Å². The minimum atomic E-state index is -0.0687. The third-order valence-corrected chi connectivity index (χ3v) is 5.04. The number of benzene rings is 1. The molecule has 1 N–H and O–H groups in total. The number of hydrogen-bond donors (Lipinski definition) is 1. The number of hydrogen-bond acceptors (Lipinski definition) is 6. The lowest BCUT2D eigenvalue weighted by Crippen LogP contribution is -2.39. The van der Waals surface area contributed by atoms with Crippen LogP contribution in [0.1, 0.15) is 22.5 Å². The number of anilines is 2. The van der Waals surface area contributed by atoms with Crippen LogP contribution in [-0.4, -0.2) is 66.7 Å². The van der Waals surface area contributed by atoms with E-state index in [9.17, 15) is 4.79 Å². The predicted octanol–water partition coefficient (Wildman–Crippen LogP) is 1.81. The minimum absolute atomic E-state index is 0.0687. The maximum Gasteiger partial charge on any atom is 0.277 e. The van der Waals surface area contributed by atoms with Gasteiger partial charge in [0, 0.05) is 44.6 Å². The maximum absolute atomic E-state index is 13.0. The van der Waals surface area contributed by atoms with E-state index in [0.29, 0.717) is 11.6 Å². The minimum Gasteiger partial charge on any atom is -0.379 e. The molecule has 2 aliphatic rings. The first-order valence-corrected chi connectivity index (χ1v) is 9.58. The van der Waals surface area contributed by atoms with E-state index >= 15 is 0 Å². The fraction of sp³-hybridized carbons (Fsp3) is 0.450. The third kappa shape index (κ3) is 4.26. The van der Waals surface area contributed by atoms with Crippen LogP contribution in [-0.2, 0) is 11.2 Å². The number of aromatic nitrogens is 2. The average molecular weight is 367 g/mol. The molecule has 1 fully saturated rings. The van der Waals surface area contributed by atoms with E-state index in [2.05, 4.69) is 26.3 Å². The van der Waals surface area contributed by atoms with Gasteiger partial charge in [0.05, 0.1) is 13.2 Å². The first-order valence-electron chi connectivity index (χ1n) is 9.58. The van der Waals surface area contributed by atoms with Gasteiger partial charge in [-0.15, -0.1) is 0 Å². The van der Waals surface area contributed by atoms with Gasteiger partial charge in [0.2, 0.25) is 5.95 Å². The second-order valence-electron chi connectivity index (χ2n) is 6.84. The summed E-state index contributed by atoms with van der Waals surface area (Å²) < 4.78 is 5.36. The van der Waals surface area contributed by atoms with Gasteiger partial charge in [0.15, 0.2) is 0 Å². The molecule has 27 heavy (non-hydrogen) atoms. The quantitative estimate of drug-likeness (QED) is 0.869. The summed E-state index contributed by atoms with van der Waals surface area (Å²) in [5, 5.41) is 3.23. The van der Waals surface area contributed by atoms with Crippen molar-refractivity contribution >= 4 is 17.5 Å². The molecule has 1 aromatic heterocycles. The largest absolute Gasteiger partial charge is 0.379 e. The standard InChI is InChI=1S/C20H25N5O2/c26-19(25-10-3-5-16-4-1-2-6-18(16)25)17-7-8-21-20(23-17)22-9-11-24-12-14-27-15-13-24/h1-2,4,6-8H,3,5,9-15H2,(H,21,22,23). The van der Waals surface area contributed by atoms with Crippen LogP contribution in [0.5, 0.6) is 0 Å². The van der Waals surface area contributed by atoms with Crippen molar-refractivity contribution in [1.29, 1.82) is 0 Å². The highest BCUT2D eigenvalue weighted by Gasteiger charge is 2.24. The van der Waals surface area contributed by atoms with Crippen molar-refractivity contribution in [1.82, 2.24) is 14.9 Å². The molecular weight excluding hydrogens is 342 g/mol. The van der Waals surface area contributed by atoms with E-state index < -0.39 is 0 Å². The lowest BCUT2D eigenvalue weighted by Gasteiger charge is -2.29. The maximum atomic E-state index is 13.0. The van der Waals surface area contributed by atoms with Crippen LogP contribution < -0.4 is 10.2 Å². The topological polar surface area (TPSA) is 70.6 Å². The lowest BCUT2D eigenvalue weighted by atomic mass is 10.0. The van der Waals surface area contributed by atoms with Crippen molar-refractivity contribution in [3.05, 3.63) is 47.8 Å². The zero-order valence-electron chi connectivity index (χ0n) is 15.4. The fourth-order valence-electron chi connectivity index (χ4n) is 3.60. The molecule has 0 aliphatic carbocycles. The molecule has 1 aromatic carbocycles. The van der Waals surface area contributed by atoms with Gasteiger partial charge in [-0.25, -0.2) is 9.97 Å². The van der Waals surface area contributed by atoms with E-state index in [4.69, 9.17) is 4.74 Å². The first-order chi connectivity index (χ1) is 13.3. The highest BCUT2D eigenvalue weighted by Crippen LogP contribution is 2.27. The molecular formula is C20H25N5O2. The van der Waals surface area contributed by atoms with E-state index in [0.717, 1.165) is 64.5 Å². The average Bonchev–Trinajstić information content (AvgIpc) is 2.74. The number of rotatable bonds is 5. The Morgan fingerprint density at radius 1 is 1.15 bits per heavy atom. The molecule has 1 saturated heterocycles. The number of nitrogens with one attached hydrogen (secondary N) is 1. The van der Waals surface area contributed by atoms with Gasteiger partial charge in [-0.05, 0) is 30.5 Å². The van der Waals surface area contributed by atoms with Gasteiger partial charge in [-0.3, -0.25) is 9.69 Å². The molecule has 7 nitrogen and oxygen atoms in total. The molecule has 7 heteroatoms. The summed E-state index contributed by atoms with van der Waals surface area (Å²) in [6, 6.07) is 9.78. The van der Waals surface area contributed by atoms with E-state index in [1.54, 1.807) is 12.3 Å². The van der Waals surface area contributed by atoms with Crippen LogP contribution in [0.25, 0.3) is 0 Å². The summed E-state index contributed by atoms with van der Waals surface area (Å²) >= 11 is 0. The number of morpholine rings is 1. The monoisotopic (exact) mass is 367 g/mol. The summed E-state index contributed by atoms with van der Waals surface area (Å²) in [6.07, 6.45) is 3.63. The highest BCUT2D eigenvalue weighted by molar-refractivity contribution is 6.05. The van der Waals surface area contributed by atoms with Crippen molar-refractivity contribution in [2.45, 2.75) is 12.8 Å². The van der Waals surface area contributed by atoms with Gasteiger partial charge in [0.25, 0.3) is 5.91 Å². The van der Waals surface area contributed by atoms with Crippen LogP contribution in [0, 0.1) is 0 Å². The summed E-state index contributed by atoms with van der Waals surface area (Å²) in [5.74, 6) is 0.431. The molecule has 2 aliphatic heterocycles. The number of amides is 1. The Bertz CT molecular complexity index is 791. The Balaban J connectivity index is 1.41. The van der Waals surface area contributed by atoms with E-state index in [-0.39, 0.29) is 5.91 Å². The molecule has 0 saturated carbocycles. The third-order valence-electron chi connectivity index (χ3n) is 5.04. The Morgan fingerprint density at radius 3 is 2.89 bits per heavy atom. The summed E-state index contributed by atoms with van der Waals surface area (Å²) in [4.78, 5) is 25.9. The van der Waals surface area contributed by atoms with Crippen LogP contribution >= 0.6 is 0 Å². The van der Waals surface area contributed by atoms with Crippen LogP contribution in [0.3, 0.4) is 0 Å². The SMILES string of the molecule is O=C(c1ccnc(NCCN2CCOCC2)n1)N1CCCc2ccccc21. The van der Waals surface area contributed by atoms with Crippen molar-refractivity contribution < 1.29 is 9.53 Å². The molecule has 0 unspecified atom stereocenters. The van der Waals surface area contributed by atoms with Crippen molar-refractivity contribution in [2.24, 2.45) is 0 Å². The summed E-state index contributed by atoms with van der Waals surface area (Å²) in [7, 11) is 0. The molecule has 0 atom stereocenters. The molecule has 0 bridgehead atoms. The summed E-state index contributed by atoms with van der Waals surface area (Å²) in [6.45, 7) is 5.86. The van der Waals surface area contributed by atoms with Gasteiger partial charge in [-0.2, -0.15) is 0 Å².